The third-order valence-corrected chi connectivity index (χ3v) is 3.68. The van der Waals surface area contributed by atoms with Crippen molar-refractivity contribution in [1.82, 2.24) is 10.6 Å². The number of carbonyl (C=O) groups is 2. The Bertz CT molecular complexity index is 288. The molecular formula is C14H26N2O3. The molecule has 0 bridgehead atoms. The van der Waals surface area contributed by atoms with Crippen molar-refractivity contribution in [2.75, 3.05) is 19.6 Å². The molecule has 5 nitrogen and oxygen atoms in total. The van der Waals surface area contributed by atoms with E-state index in [9.17, 15) is 9.59 Å². The summed E-state index contributed by atoms with van der Waals surface area (Å²) in [5.74, 6) is 0.186. The number of amides is 1. The summed E-state index contributed by atoms with van der Waals surface area (Å²) in [5, 5.41) is 14.8. The molecule has 19 heavy (non-hydrogen) atoms. The third-order valence-electron chi connectivity index (χ3n) is 3.68. The lowest BCUT2D eigenvalue weighted by atomic mass is 9.96. The van der Waals surface area contributed by atoms with Crippen molar-refractivity contribution in [3.63, 3.8) is 0 Å². The quantitative estimate of drug-likeness (QED) is 0.622. The molecule has 1 rings (SSSR count). The van der Waals surface area contributed by atoms with Gasteiger partial charge in [0.1, 0.15) is 0 Å². The molecule has 0 spiro atoms. The zero-order valence-electron chi connectivity index (χ0n) is 11.8. The normalized spacial score (nSPS) is 20.8. The Morgan fingerprint density at radius 2 is 2.21 bits per heavy atom. The molecule has 2 atom stereocenters. The number of piperidine rings is 1. The van der Waals surface area contributed by atoms with E-state index in [4.69, 9.17) is 5.11 Å². The molecule has 1 aliphatic rings. The van der Waals surface area contributed by atoms with Gasteiger partial charge in [-0.05, 0) is 50.6 Å². The average Bonchev–Trinajstić information content (AvgIpc) is 2.37. The highest BCUT2D eigenvalue weighted by molar-refractivity contribution is 5.76. The van der Waals surface area contributed by atoms with Crippen molar-refractivity contribution in [1.29, 1.82) is 0 Å². The van der Waals surface area contributed by atoms with Crippen LogP contribution in [0, 0.1) is 11.8 Å². The summed E-state index contributed by atoms with van der Waals surface area (Å²) in [4.78, 5) is 22.2. The van der Waals surface area contributed by atoms with Gasteiger partial charge in [0.15, 0.2) is 0 Å². The van der Waals surface area contributed by atoms with Gasteiger partial charge >= 0.3 is 5.97 Å². The summed E-state index contributed by atoms with van der Waals surface area (Å²) in [6, 6.07) is 0. The predicted octanol–water partition coefficient (Wildman–Crippen LogP) is 1.38. The summed E-state index contributed by atoms with van der Waals surface area (Å²) >= 11 is 0. The zero-order chi connectivity index (χ0) is 14.1. The van der Waals surface area contributed by atoms with Crippen LogP contribution in [-0.4, -0.2) is 36.6 Å². The van der Waals surface area contributed by atoms with E-state index in [1.165, 1.54) is 0 Å². The van der Waals surface area contributed by atoms with Gasteiger partial charge in [-0.15, -0.1) is 0 Å². The largest absolute Gasteiger partial charge is 0.481 e. The van der Waals surface area contributed by atoms with Crippen molar-refractivity contribution in [3.05, 3.63) is 0 Å². The van der Waals surface area contributed by atoms with E-state index in [-0.39, 0.29) is 12.3 Å². The van der Waals surface area contributed by atoms with Gasteiger partial charge in [-0.1, -0.05) is 6.92 Å². The Morgan fingerprint density at radius 1 is 1.42 bits per heavy atom. The Morgan fingerprint density at radius 3 is 2.84 bits per heavy atom. The maximum absolute atomic E-state index is 11.7. The molecule has 0 aromatic heterocycles. The van der Waals surface area contributed by atoms with Crippen LogP contribution >= 0.6 is 0 Å². The van der Waals surface area contributed by atoms with Gasteiger partial charge in [0.25, 0.3) is 0 Å². The summed E-state index contributed by atoms with van der Waals surface area (Å²) < 4.78 is 0. The van der Waals surface area contributed by atoms with Gasteiger partial charge < -0.3 is 15.7 Å². The lowest BCUT2D eigenvalue weighted by molar-refractivity contribution is -0.137. The van der Waals surface area contributed by atoms with E-state index < -0.39 is 5.97 Å². The van der Waals surface area contributed by atoms with Gasteiger partial charge in [-0.2, -0.15) is 0 Å². The first kappa shape index (κ1) is 16.0. The molecule has 0 aromatic carbocycles. The molecule has 3 N–H and O–H groups in total. The van der Waals surface area contributed by atoms with Gasteiger partial charge in [0.2, 0.25) is 5.91 Å². The van der Waals surface area contributed by atoms with Crippen LogP contribution in [0.2, 0.25) is 0 Å². The molecule has 2 unspecified atom stereocenters. The van der Waals surface area contributed by atoms with E-state index in [2.05, 4.69) is 10.6 Å². The first-order valence-electron chi connectivity index (χ1n) is 7.27. The van der Waals surface area contributed by atoms with Crippen molar-refractivity contribution >= 4 is 11.9 Å². The Kier molecular flexibility index (Phi) is 7.48. The van der Waals surface area contributed by atoms with Crippen LogP contribution in [0.3, 0.4) is 0 Å². The van der Waals surface area contributed by atoms with Gasteiger partial charge in [-0.3, -0.25) is 9.59 Å². The van der Waals surface area contributed by atoms with Crippen LogP contribution in [0.5, 0.6) is 0 Å². The molecule has 0 saturated carbocycles. The monoisotopic (exact) mass is 270 g/mol. The number of carboxylic acids is 1. The molecule has 1 aliphatic heterocycles. The second-order valence-corrected chi connectivity index (χ2v) is 5.59. The molecule has 1 amide bonds. The smallest absolute Gasteiger partial charge is 0.303 e. The number of hydrogen-bond acceptors (Lipinski definition) is 3. The molecule has 5 heteroatoms. The maximum atomic E-state index is 11.7. The fourth-order valence-corrected chi connectivity index (χ4v) is 2.40. The fraction of sp³-hybridized carbons (Fsp3) is 0.857. The molecule has 1 saturated heterocycles. The summed E-state index contributed by atoms with van der Waals surface area (Å²) in [5.41, 5.74) is 0. The van der Waals surface area contributed by atoms with Crippen LogP contribution in [-0.2, 0) is 9.59 Å². The Labute approximate surface area is 115 Å². The SMILES string of the molecule is CC(CCNC(=O)CC1CCCNC1)CCC(=O)O. The molecule has 0 aromatic rings. The minimum atomic E-state index is -0.749. The third kappa shape index (κ3) is 7.82. The number of nitrogens with one attached hydrogen (secondary N) is 2. The number of carboxylic acid groups (broad SMARTS) is 1. The maximum Gasteiger partial charge on any atom is 0.303 e. The van der Waals surface area contributed by atoms with E-state index in [1.54, 1.807) is 0 Å². The van der Waals surface area contributed by atoms with Crippen LogP contribution < -0.4 is 10.6 Å². The zero-order valence-corrected chi connectivity index (χ0v) is 11.8. The predicted molar refractivity (Wildman–Crippen MR) is 73.9 cm³/mol. The highest BCUT2D eigenvalue weighted by Crippen LogP contribution is 2.14. The molecule has 1 heterocycles. The van der Waals surface area contributed by atoms with Gasteiger partial charge in [0, 0.05) is 19.4 Å². The second-order valence-electron chi connectivity index (χ2n) is 5.59. The highest BCUT2D eigenvalue weighted by atomic mass is 16.4. The Balaban J connectivity index is 2.04. The minimum Gasteiger partial charge on any atom is -0.481 e. The van der Waals surface area contributed by atoms with Crippen LogP contribution in [0.25, 0.3) is 0 Å². The van der Waals surface area contributed by atoms with Gasteiger partial charge in [-0.25, -0.2) is 0 Å². The lowest BCUT2D eigenvalue weighted by Gasteiger charge is -2.22. The number of rotatable bonds is 8. The molecule has 0 aliphatic carbocycles. The standard InChI is InChI=1S/C14H26N2O3/c1-11(4-5-14(18)19)6-8-16-13(17)9-12-3-2-7-15-10-12/h11-12,15H,2-10H2,1H3,(H,16,17)(H,18,19). The topological polar surface area (TPSA) is 78.4 Å². The first-order chi connectivity index (χ1) is 9.08. The highest BCUT2D eigenvalue weighted by Gasteiger charge is 2.16. The molecule has 0 radical (unpaired) electrons. The van der Waals surface area contributed by atoms with E-state index in [0.29, 0.717) is 31.2 Å². The lowest BCUT2D eigenvalue weighted by Crippen LogP contribution is -2.34. The van der Waals surface area contributed by atoms with Crippen molar-refractivity contribution in [2.24, 2.45) is 11.8 Å². The summed E-state index contributed by atoms with van der Waals surface area (Å²) in [6.45, 7) is 4.70. The van der Waals surface area contributed by atoms with E-state index >= 15 is 0 Å². The molecule has 110 valence electrons. The number of carbonyl (C=O) groups excluding carboxylic acids is 1. The second kappa shape index (κ2) is 8.91. The molecular weight excluding hydrogens is 244 g/mol. The number of aliphatic carboxylic acids is 1. The summed E-state index contributed by atoms with van der Waals surface area (Å²) in [6.07, 6.45) is 4.64. The number of hydrogen-bond donors (Lipinski definition) is 3. The average molecular weight is 270 g/mol. The minimum absolute atomic E-state index is 0.124. The van der Waals surface area contributed by atoms with Crippen molar-refractivity contribution in [2.45, 2.75) is 45.4 Å². The van der Waals surface area contributed by atoms with E-state index in [0.717, 1.165) is 32.4 Å². The van der Waals surface area contributed by atoms with Gasteiger partial charge in [0.05, 0.1) is 0 Å². The summed E-state index contributed by atoms with van der Waals surface area (Å²) in [7, 11) is 0. The first-order valence-corrected chi connectivity index (χ1v) is 7.27. The fourth-order valence-electron chi connectivity index (χ4n) is 2.40. The van der Waals surface area contributed by atoms with Crippen LogP contribution in [0.4, 0.5) is 0 Å². The van der Waals surface area contributed by atoms with Crippen LogP contribution in [0.1, 0.15) is 45.4 Å². The van der Waals surface area contributed by atoms with Crippen molar-refractivity contribution < 1.29 is 14.7 Å². The van der Waals surface area contributed by atoms with E-state index in [1.807, 2.05) is 6.92 Å². The Hall–Kier alpha value is -1.10. The molecule has 1 fully saturated rings. The van der Waals surface area contributed by atoms with Crippen LogP contribution in [0.15, 0.2) is 0 Å². The van der Waals surface area contributed by atoms with Crippen molar-refractivity contribution in [3.8, 4) is 0 Å².